The summed E-state index contributed by atoms with van der Waals surface area (Å²) in [5, 5.41) is 3.06. The van der Waals surface area contributed by atoms with Gasteiger partial charge >= 0.3 is 6.18 Å². The van der Waals surface area contributed by atoms with E-state index in [4.69, 9.17) is 26.8 Å². The zero-order valence-corrected chi connectivity index (χ0v) is 21.1. The maximum Gasteiger partial charge on any atom is 0.416 e. The van der Waals surface area contributed by atoms with Crippen LogP contribution in [0.3, 0.4) is 0 Å². The van der Waals surface area contributed by atoms with Crippen LogP contribution in [0, 0.1) is 5.92 Å². The molecule has 198 valence electrons. The van der Waals surface area contributed by atoms with Crippen LogP contribution >= 0.6 is 11.6 Å². The van der Waals surface area contributed by atoms with Crippen molar-refractivity contribution in [1.29, 1.82) is 0 Å². The molecule has 2 aromatic rings. The molecule has 0 radical (unpaired) electrons. The van der Waals surface area contributed by atoms with Gasteiger partial charge in [0.25, 0.3) is 0 Å². The number of nitrogens with two attached hydrogens (primary N) is 1. The lowest BCUT2D eigenvalue weighted by Gasteiger charge is -2.31. The highest BCUT2D eigenvalue weighted by Gasteiger charge is 2.31. The number of anilines is 2. The molecular weight excluding hydrogens is 511 g/mol. The normalized spacial score (nSPS) is 16.8. The Hall–Kier alpha value is -3.47. The molecule has 1 amide bonds. The van der Waals surface area contributed by atoms with Gasteiger partial charge in [0.15, 0.2) is 5.76 Å². The molecule has 0 bridgehead atoms. The van der Waals surface area contributed by atoms with Gasteiger partial charge in [-0.2, -0.15) is 13.2 Å². The minimum atomic E-state index is -4.51. The number of nitrogens with zero attached hydrogens (tertiary/aromatic N) is 3. The predicted octanol–water partition coefficient (Wildman–Crippen LogP) is 4.70. The van der Waals surface area contributed by atoms with Gasteiger partial charge in [0.05, 0.1) is 23.7 Å². The van der Waals surface area contributed by atoms with Crippen molar-refractivity contribution in [2.45, 2.75) is 39.5 Å². The molecule has 2 aliphatic heterocycles. The average molecular weight is 538 g/mol. The van der Waals surface area contributed by atoms with Crippen molar-refractivity contribution in [3.63, 3.8) is 0 Å². The first-order valence-electron chi connectivity index (χ1n) is 11.7. The Kier molecular flexibility index (Phi) is 7.82. The zero-order valence-electron chi connectivity index (χ0n) is 20.4. The lowest BCUT2D eigenvalue weighted by atomic mass is 10.0. The maximum absolute atomic E-state index is 13.2. The van der Waals surface area contributed by atoms with Gasteiger partial charge in [-0.1, -0.05) is 13.0 Å². The highest BCUT2D eigenvalue weighted by atomic mass is 35.5. The molecule has 2 aliphatic rings. The van der Waals surface area contributed by atoms with E-state index >= 15 is 0 Å². The quantitative estimate of drug-likeness (QED) is 0.407. The number of halogens is 4. The molecule has 1 atom stereocenters. The van der Waals surface area contributed by atoms with Crippen molar-refractivity contribution < 1.29 is 27.4 Å². The number of hydrogen-bond acceptors (Lipinski definition) is 7. The van der Waals surface area contributed by atoms with Crippen molar-refractivity contribution in [2.75, 3.05) is 30.8 Å². The van der Waals surface area contributed by atoms with Gasteiger partial charge in [-0.3, -0.25) is 4.79 Å². The van der Waals surface area contributed by atoms with Crippen LogP contribution in [0.15, 0.2) is 41.9 Å². The fourth-order valence-electron chi connectivity index (χ4n) is 4.17. The number of allylic oxidation sites excluding steroid dienone is 2. The van der Waals surface area contributed by atoms with Crippen LogP contribution in [0.5, 0.6) is 0 Å². The minimum Gasteiger partial charge on any atom is -0.491 e. The van der Waals surface area contributed by atoms with Gasteiger partial charge < -0.3 is 25.4 Å². The second-order valence-electron chi connectivity index (χ2n) is 8.86. The molecule has 4 rings (SSSR count). The summed E-state index contributed by atoms with van der Waals surface area (Å²) in [7, 11) is 0. The number of amides is 1. The fraction of sp³-hybridized carbons (Fsp3) is 0.400. The lowest BCUT2D eigenvalue weighted by Crippen LogP contribution is -2.39. The molecule has 1 unspecified atom stereocenters. The number of nitrogen functional groups attached to an aromatic ring is 1. The highest BCUT2D eigenvalue weighted by molar-refractivity contribution is 6.28. The summed E-state index contributed by atoms with van der Waals surface area (Å²) in [4.78, 5) is 23.4. The Bertz CT molecular complexity index is 1250. The van der Waals surface area contributed by atoms with Crippen LogP contribution in [0.4, 0.5) is 24.7 Å². The number of benzene rings is 1. The first kappa shape index (κ1) is 26.6. The summed E-state index contributed by atoms with van der Waals surface area (Å²) in [6.07, 6.45) is -0.544. The smallest absolute Gasteiger partial charge is 0.416 e. The summed E-state index contributed by atoms with van der Waals surface area (Å²) < 4.78 is 50.6. The Morgan fingerprint density at radius 3 is 2.76 bits per heavy atom. The second kappa shape index (κ2) is 10.9. The molecule has 0 fully saturated rings. The third-order valence-corrected chi connectivity index (χ3v) is 6.25. The van der Waals surface area contributed by atoms with Crippen LogP contribution in [-0.4, -0.2) is 40.5 Å². The number of fused-ring (bicyclic) bond motifs is 1. The zero-order chi connectivity index (χ0) is 26.7. The molecule has 0 saturated heterocycles. The summed E-state index contributed by atoms with van der Waals surface area (Å²) in [6, 6.07) is 3.37. The molecule has 3 heterocycles. The SMILES string of the molecule is CC1=C(/C=C\C(C)C(=O)N2CCc3nc(Cl)nc(NCc4cc(N)cc(C(F)(F)F)c4)c3C2)OCCO1. The van der Waals surface area contributed by atoms with E-state index < -0.39 is 17.7 Å². The molecule has 1 aromatic heterocycles. The minimum absolute atomic E-state index is 0.00401. The first-order valence-corrected chi connectivity index (χ1v) is 12.1. The number of ether oxygens (including phenoxy) is 2. The molecule has 0 aliphatic carbocycles. The maximum atomic E-state index is 13.2. The largest absolute Gasteiger partial charge is 0.491 e. The van der Waals surface area contributed by atoms with Gasteiger partial charge in [0.2, 0.25) is 11.2 Å². The summed E-state index contributed by atoms with van der Waals surface area (Å²) in [6.45, 7) is 5.25. The lowest BCUT2D eigenvalue weighted by molar-refractivity contribution is -0.137. The number of carbonyl (C=O) groups is 1. The van der Waals surface area contributed by atoms with Crippen molar-refractivity contribution >= 4 is 29.0 Å². The van der Waals surface area contributed by atoms with E-state index in [0.717, 1.165) is 12.1 Å². The van der Waals surface area contributed by atoms with Crippen molar-refractivity contribution in [2.24, 2.45) is 5.92 Å². The third kappa shape index (κ3) is 6.46. The van der Waals surface area contributed by atoms with E-state index in [1.165, 1.54) is 6.07 Å². The van der Waals surface area contributed by atoms with E-state index in [9.17, 15) is 18.0 Å². The molecule has 12 heteroatoms. The van der Waals surface area contributed by atoms with E-state index in [2.05, 4.69) is 15.3 Å². The summed E-state index contributed by atoms with van der Waals surface area (Å²) >= 11 is 6.10. The standard InChI is InChI=1S/C25H27ClF3N5O3/c1-14(3-4-21-15(2)36-7-8-37-21)23(35)34-6-5-20-19(13-34)22(33-24(26)32-20)31-12-16-9-17(25(27,28)29)11-18(30)10-16/h3-4,9-11,14H,5-8,12-13,30H2,1-2H3,(H,31,32,33)/b4-3-. The van der Waals surface area contributed by atoms with E-state index in [0.29, 0.717) is 60.3 Å². The molecule has 37 heavy (non-hydrogen) atoms. The number of carbonyl (C=O) groups excluding carboxylic acids is 1. The Balaban J connectivity index is 1.49. The van der Waals surface area contributed by atoms with Gasteiger partial charge in [0.1, 0.15) is 24.8 Å². The van der Waals surface area contributed by atoms with E-state index in [-0.39, 0.29) is 30.0 Å². The Morgan fingerprint density at radius 2 is 2.03 bits per heavy atom. The van der Waals surface area contributed by atoms with Crippen LogP contribution in [0.25, 0.3) is 0 Å². The van der Waals surface area contributed by atoms with E-state index in [1.807, 2.05) is 0 Å². The monoisotopic (exact) mass is 537 g/mol. The number of alkyl halides is 3. The number of hydrogen-bond donors (Lipinski definition) is 2. The number of rotatable bonds is 6. The van der Waals surface area contributed by atoms with Gasteiger partial charge in [-0.05, 0) is 48.4 Å². The van der Waals surface area contributed by atoms with Crippen LogP contribution in [0.2, 0.25) is 5.28 Å². The number of nitrogens with one attached hydrogen (secondary N) is 1. The van der Waals surface area contributed by atoms with Gasteiger partial charge in [-0.15, -0.1) is 0 Å². The Morgan fingerprint density at radius 1 is 1.27 bits per heavy atom. The predicted molar refractivity (Wildman–Crippen MR) is 132 cm³/mol. The molecule has 3 N–H and O–H groups in total. The highest BCUT2D eigenvalue weighted by Crippen LogP contribution is 2.32. The summed E-state index contributed by atoms with van der Waals surface area (Å²) in [5.41, 5.74) is 6.54. The molecule has 0 spiro atoms. The molecular formula is C25H27ClF3N5O3. The fourth-order valence-corrected chi connectivity index (χ4v) is 4.36. The van der Waals surface area contributed by atoms with Crippen molar-refractivity contribution in [3.05, 3.63) is 69.5 Å². The number of aromatic nitrogens is 2. The van der Waals surface area contributed by atoms with Crippen LogP contribution in [-0.2, 0) is 40.0 Å². The van der Waals surface area contributed by atoms with E-state index in [1.54, 1.807) is 30.9 Å². The second-order valence-corrected chi connectivity index (χ2v) is 9.19. The third-order valence-electron chi connectivity index (χ3n) is 6.08. The van der Waals surface area contributed by atoms with Gasteiger partial charge in [0, 0.05) is 30.8 Å². The van der Waals surface area contributed by atoms with Crippen molar-refractivity contribution in [1.82, 2.24) is 14.9 Å². The topological polar surface area (TPSA) is 103 Å². The average Bonchev–Trinajstić information content (AvgIpc) is 2.85. The molecule has 1 aromatic carbocycles. The first-order chi connectivity index (χ1) is 17.5. The molecule has 8 nitrogen and oxygen atoms in total. The molecule has 0 saturated carbocycles. The summed E-state index contributed by atoms with van der Waals surface area (Å²) in [5.74, 6) is 1.11. The Labute approximate surface area is 217 Å². The van der Waals surface area contributed by atoms with Crippen LogP contribution < -0.4 is 11.1 Å². The van der Waals surface area contributed by atoms with Crippen LogP contribution in [0.1, 0.15) is 36.2 Å². The van der Waals surface area contributed by atoms with Crippen molar-refractivity contribution in [3.8, 4) is 0 Å². The van der Waals surface area contributed by atoms with Gasteiger partial charge in [-0.25, -0.2) is 9.97 Å².